The van der Waals surface area contributed by atoms with E-state index in [1.807, 2.05) is 6.08 Å². The van der Waals surface area contributed by atoms with E-state index in [0.29, 0.717) is 11.7 Å². The van der Waals surface area contributed by atoms with Crippen LogP contribution in [0, 0.1) is 7.43 Å². The van der Waals surface area contributed by atoms with Gasteiger partial charge in [-0.1, -0.05) is 39.4 Å². The van der Waals surface area contributed by atoms with Crippen molar-refractivity contribution in [1.29, 1.82) is 0 Å². The van der Waals surface area contributed by atoms with Crippen LogP contribution in [-0.4, -0.2) is 20.7 Å². The molecule has 0 saturated carbocycles. The fourth-order valence-corrected chi connectivity index (χ4v) is 1.07. The monoisotopic (exact) mass is 302 g/mol. The third kappa shape index (κ3) is 16.0. The summed E-state index contributed by atoms with van der Waals surface area (Å²) >= 11 is 0. The minimum atomic E-state index is -0.867. The molecular formula is C13H27CuN2Si-3. The molecule has 1 heterocycles. The fraction of sp³-hybridized carbons (Fsp3) is 0.615. The van der Waals surface area contributed by atoms with Gasteiger partial charge in [0.1, 0.15) is 0 Å². The molecule has 0 bridgehead atoms. The topological polar surface area (TPSA) is 37.9 Å². The van der Waals surface area contributed by atoms with Gasteiger partial charge in [0.15, 0.2) is 0 Å². The third-order valence-corrected chi connectivity index (χ3v) is 3.30. The van der Waals surface area contributed by atoms with E-state index in [2.05, 4.69) is 37.2 Å². The molecule has 1 rings (SSSR count). The van der Waals surface area contributed by atoms with Crippen LogP contribution in [0.2, 0.25) is 19.6 Å². The van der Waals surface area contributed by atoms with Crippen molar-refractivity contribution in [3.63, 3.8) is 0 Å². The van der Waals surface area contributed by atoms with E-state index >= 15 is 0 Å². The molecule has 17 heavy (non-hydrogen) atoms. The Balaban J connectivity index is -0.000000221. The second-order valence-corrected chi connectivity index (χ2v) is 10.2. The molecule has 0 aromatic carbocycles. The van der Waals surface area contributed by atoms with Crippen molar-refractivity contribution in [2.24, 2.45) is 0 Å². The summed E-state index contributed by atoms with van der Waals surface area (Å²) in [6, 6.07) is 0.363. The standard InChI is InChI=1S/C7H12N2.C5H12Si.CH3.Cu/c1-6(8)5-7-3-2-4-9-7;1-5-6(2,3)4;;/h5,7-8H,2-4H2,1H3;5H,1H2,2-4H3;1H3;/q-2;;-1;. The first-order chi connectivity index (χ1) is 6.85. The number of allylic oxidation sites excluding steroid dienone is 1. The Morgan fingerprint density at radius 1 is 1.41 bits per heavy atom. The fourth-order valence-electron chi connectivity index (χ4n) is 1.07. The van der Waals surface area contributed by atoms with Crippen LogP contribution in [0.15, 0.2) is 24.1 Å². The van der Waals surface area contributed by atoms with Gasteiger partial charge in [-0.3, -0.25) is 0 Å². The van der Waals surface area contributed by atoms with Crippen molar-refractivity contribution < 1.29 is 17.1 Å². The first-order valence-electron chi connectivity index (χ1n) is 5.55. The van der Waals surface area contributed by atoms with E-state index in [1.54, 1.807) is 6.92 Å². The Hall–Kier alpha value is -0.0236. The van der Waals surface area contributed by atoms with Crippen molar-refractivity contribution >= 4 is 8.07 Å². The molecule has 1 aliphatic rings. The molecule has 0 spiro atoms. The van der Waals surface area contributed by atoms with E-state index in [9.17, 15) is 0 Å². The summed E-state index contributed by atoms with van der Waals surface area (Å²) in [5.74, 6) is 0. The van der Waals surface area contributed by atoms with Crippen LogP contribution in [-0.2, 0) is 17.1 Å². The van der Waals surface area contributed by atoms with E-state index in [-0.39, 0.29) is 24.5 Å². The van der Waals surface area contributed by atoms with Crippen molar-refractivity contribution in [2.75, 3.05) is 6.54 Å². The summed E-state index contributed by atoms with van der Waals surface area (Å²) in [6.45, 7) is 13.3. The molecule has 1 radical (unpaired) electrons. The molecule has 1 unspecified atom stereocenters. The molecular weight excluding hydrogens is 276 g/mol. The van der Waals surface area contributed by atoms with Gasteiger partial charge in [0, 0.05) is 17.1 Å². The maximum absolute atomic E-state index is 7.14. The summed E-state index contributed by atoms with van der Waals surface area (Å²) in [6.07, 6.45) is 4.28. The zero-order chi connectivity index (χ0) is 11.9. The number of hydrogen-bond acceptors (Lipinski definition) is 0. The predicted octanol–water partition coefficient (Wildman–Crippen LogP) is 4.98. The van der Waals surface area contributed by atoms with Gasteiger partial charge in [-0.25, -0.2) is 0 Å². The van der Waals surface area contributed by atoms with Crippen molar-refractivity contribution in [2.45, 2.75) is 45.4 Å². The second-order valence-electron chi connectivity index (χ2n) is 5.04. The first kappa shape index (κ1) is 22.2. The zero-order valence-electron chi connectivity index (χ0n) is 11.8. The minimum absolute atomic E-state index is 0. The van der Waals surface area contributed by atoms with Gasteiger partial charge in [0.25, 0.3) is 0 Å². The average molecular weight is 303 g/mol. The first-order valence-corrected chi connectivity index (χ1v) is 9.13. The van der Waals surface area contributed by atoms with Gasteiger partial charge >= 0.3 is 0 Å². The third-order valence-electron chi connectivity index (χ3n) is 2.08. The minimum Gasteiger partial charge on any atom is -0.703 e. The Bertz CT molecular complexity index is 212. The Kier molecular flexibility index (Phi) is 14.5. The number of hydrogen-bond donors (Lipinski definition) is 0. The second kappa shape index (κ2) is 11.1. The molecule has 4 heteroatoms. The normalized spacial score (nSPS) is 19.3. The summed E-state index contributed by atoms with van der Waals surface area (Å²) in [5.41, 5.74) is 9.86. The van der Waals surface area contributed by atoms with Gasteiger partial charge in [-0.15, -0.1) is 30.9 Å². The van der Waals surface area contributed by atoms with Crippen LogP contribution in [0.5, 0.6) is 0 Å². The molecule has 1 saturated heterocycles. The summed E-state index contributed by atoms with van der Waals surface area (Å²) in [7, 11) is -0.867. The molecule has 0 aromatic heterocycles. The van der Waals surface area contributed by atoms with Gasteiger partial charge in [-0.2, -0.15) is 5.70 Å². The van der Waals surface area contributed by atoms with Gasteiger partial charge in [-0.05, 0) is 0 Å². The predicted molar refractivity (Wildman–Crippen MR) is 79.3 cm³/mol. The van der Waals surface area contributed by atoms with E-state index < -0.39 is 8.07 Å². The van der Waals surface area contributed by atoms with Gasteiger partial charge in [0.05, 0.1) is 8.07 Å². The van der Waals surface area contributed by atoms with Crippen LogP contribution in [0.4, 0.5) is 0 Å². The van der Waals surface area contributed by atoms with Gasteiger partial charge in [0.2, 0.25) is 0 Å². The van der Waals surface area contributed by atoms with Crippen molar-refractivity contribution in [3.05, 3.63) is 42.5 Å². The summed E-state index contributed by atoms with van der Waals surface area (Å²) < 4.78 is 0. The van der Waals surface area contributed by atoms with Crippen LogP contribution in [0.25, 0.3) is 11.1 Å². The maximum atomic E-state index is 7.14. The SMILES string of the molecule is C=C[Si](C)(C)C.CC([NH-])=CC1CCC[N-]1.[CH3-].[Cu]. The molecule has 1 fully saturated rings. The zero-order valence-corrected chi connectivity index (χ0v) is 13.8. The van der Waals surface area contributed by atoms with Gasteiger partial charge < -0.3 is 18.5 Å². The smallest absolute Gasteiger partial charge is 0.0679 e. The molecule has 1 atom stereocenters. The number of nitrogens with one attached hydrogen (secondary N) is 1. The molecule has 0 amide bonds. The van der Waals surface area contributed by atoms with E-state index in [0.717, 1.165) is 13.0 Å². The van der Waals surface area contributed by atoms with E-state index in [4.69, 9.17) is 5.73 Å². The quantitative estimate of drug-likeness (QED) is 0.510. The van der Waals surface area contributed by atoms with Crippen LogP contribution >= 0.6 is 0 Å². The van der Waals surface area contributed by atoms with Crippen LogP contribution in [0.1, 0.15) is 19.8 Å². The largest absolute Gasteiger partial charge is 0.703 e. The van der Waals surface area contributed by atoms with Crippen molar-refractivity contribution in [1.82, 2.24) is 0 Å². The summed E-state index contributed by atoms with van der Waals surface area (Å²) in [5, 5.41) is 4.28. The average Bonchev–Trinajstić information content (AvgIpc) is 2.55. The molecule has 0 aromatic rings. The number of nitrogens with zero attached hydrogens (tertiary/aromatic N) is 1. The molecule has 107 valence electrons. The summed E-state index contributed by atoms with van der Waals surface area (Å²) in [4.78, 5) is 0. The van der Waals surface area contributed by atoms with Crippen molar-refractivity contribution in [3.8, 4) is 0 Å². The number of rotatable bonds is 2. The maximum Gasteiger partial charge on any atom is 0.0679 e. The Labute approximate surface area is 120 Å². The van der Waals surface area contributed by atoms with E-state index in [1.165, 1.54) is 6.42 Å². The van der Waals surface area contributed by atoms with Crippen LogP contribution in [0.3, 0.4) is 0 Å². The molecule has 1 aliphatic heterocycles. The molecule has 1 N–H and O–H groups in total. The Morgan fingerprint density at radius 3 is 2.12 bits per heavy atom. The molecule has 2 nitrogen and oxygen atoms in total. The van der Waals surface area contributed by atoms with Crippen LogP contribution < -0.4 is 0 Å². The Morgan fingerprint density at radius 2 is 1.88 bits per heavy atom. The molecule has 0 aliphatic carbocycles.